The van der Waals surface area contributed by atoms with E-state index in [9.17, 15) is 0 Å². The lowest BCUT2D eigenvalue weighted by molar-refractivity contribution is 0.561. The molecule has 2 aromatic rings. The van der Waals surface area contributed by atoms with Gasteiger partial charge in [0.25, 0.3) is 0 Å². The standard InChI is InChI=1S/C9H13N5/c1-10-8(7-2-3-13-14-7)6-9-11-4-5-12-9/h2-5,8,10H,6H2,1H3,(H,11,12)(H,13,14). The van der Waals surface area contributed by atoms with Gasteiger partial charge in [-0.05, 0) is 13.1 Å². The minimum absolute atomic E-state index is 0.226. The molecule has 0 amide bonds. The van der Waals surface area contributed by atoms with Crippen LogP contribution in [0.2, 0.25) is 0 Å². The first-order valence-corrected chi connectivity index (χ1v) is 4.55. The number of hydrogen-bond donors (Lipinski definition) is 3. The summed E-state index contributed by atoms with van der Waals surface area (Å²) in [5.41, 5.74) is 1.07. The van der Waals surface area contributed by atoms with E-state index in [1.807, 2.05) is 19.3 Å². The molecule has 0 radical (unpaired) electrons. The molecule has 74 valence electrons. The third-order valence-corrected chi connectivity index (χ3v) is 2.20. The van der Waals surface area contributed by atoms with Crippen molar-refractivity contribution in [2.75, 3.05) is 7.05 Å². The Labute approximate surface area is 82.0 Å². The molecule has 5 heteroatoms. The Balaban J connectivity index is 2.08. The zero-order chi connectivity index (χ0) is 9.80. The second-order valence-electron chi connectivity index (χ2n) is 3.09. The average molecular weight is 191 g/mol. The molecule has 0 aliphatic heterocycles. The summed E-state index contributed by atoms with van der Waals surface area (Å²) < 4.78 is 0. The van der Waals surface area contributed by atoms with Crippen LogP contribution >= 0.6 is 0 Å². The topological polar surface area (TPSA) is 69.4 Å². The number of hydrogen-bond acceptors (Lipinski definition) is 3. The maximum atomic E-state index is 4.18. The van der Waals surface area contributed by atoms with Gasteiger partial charge in [-0.25, -0.2) is 4.98 Å². The molecule has 2 rings (SSSR count). The van der Waals surface area contributed by atoms with E-state index in [2.05, 4.69) is 25.5 Å². The first kappa shape index (κ1) is 8.96. The molecule has 1 atom stereocenters. The van der Waals surface area contributed by atoms with Crippen molar-refractivity contribution in [3.63, 3.8) is 0 Å². The third-order valence-electron chi connectivity index (χ3n) is 2.20. The fourth-order valence-electron chi connectivity index (χ4n) is 1.43. The molecule has 3 N–H and O–H groups in total. The van der Waals surface area contributed by atoms with Gasteiger partial charge in [-0.15, -0.1) is 0 Å². The van der Waals surface area contributed by atoms with Crippen molar-refractivity contribution in [1.29, 1.82) is 0 Å². The van der Waals surface area contributed by atoms with Crippen molar-refractivity contribution in [2.24, 2.45) is 0 Å². The molecule has 0 spiro atoms. The Morgan fingerprint density at radius 2 is 2.43 bits per heavy atom. The highest BCUT2D eigenvalue weighted by Crippen LogP contribution is 2.12. The Morgan fingerprint density at radius 1 is 1.50 bits per heavy atom. The average Bonchev–Trinajstić information content (AvgIpc) is 2.86. The monoisotopic (exact) mass is 191 g/mol. The van der Waals surface area contributed by atoms with Crippen LogP contribution < -0.4 is 5.32 Å². The van der Waals surface area contributed by atoms with Crippen LogP contribution in [0.1, 0.15) is 17.6 Å². The van der Waals surface area contributed by atoms with Crippen molar-refractivity contribution in [3.05, 3.63) is 36.2 Å². The summed E-state index contributed by atoms with van der Waals surface area (Å²) >= 11 is 0. The van der Waals surface area contributed by atoms with E-state index in [0.29, 0.717) is 0 Å². The third kappa shape index (κ3) is 1.82. The maximum absolute atomic E-state index is 4.18. The predicted molar refractivity (Wildman–Crippen MR) is 52.7 cm³/mol. The van der Waals surface area contributed by atoms with Crippen LogP contribution in [-0.4, -0.2) is 27.2 Å². The number of aromatic amines is 2. The Kier molecular flexibility index (Phi) is 2.60. The molecule has 14 heavy (non-hydrogen) atoms. The molecule has 0 saturated carbocycles. The van der Waals surface area contributed by atoms with Gasteiger partial charge in [0, 0.05) is 25.0 Å². The minimum atomic E-state index is 0.226. The summed E-state index contributed by atoms with van der Waals surface area (Å²) in [5, 5.41) is 10.1. The van der Waals surface area contributed by atoms with Crippen molar-refractivity contribution in [2.45, 2.75) is 12.5 Å². The SMILES string of the molecule is CNC(Cc1ncc[nH]1)c1ccn[nH]1. The highest BCUT2D eigenvalue weighted by atomic mass is 15.1. The van der Waals surface area contributed by atoms with Crippen LogP contribution in [0.25, 0.3) is 0 Å². The van der Waals surface area contributed by atoms with Crippen LogP contribution in [-0.2, 0) is 6.42 Å². The number of H-pyrrole nitrogens is 2. The number of nitrogens with zero attached hydrogens (tertiary/aromatic N) is 2. The van der Waals surface area contributed by atoms with Gasteiger partial charge in [0.2, 0.25) is 0 Å². The number of rotatable bonds is 4. The van der Waals surface area contributed by atoms with Crippen LogP contribution in [0.3, 0.4) is 0 Å². The van der Waals surface area contributed by atoms with Gasteiger partial charge in [0.1, 0.15) is 5.82 Å². The van der Waals surface area contributed by atoms with Crippen molar-refractivity contribution >= 4 is 0 Å². The molecule has 0 bridgehead atoms. The molecule has 1 unspecified atom stereocenters. The fraction of sp³-hybridized carbons (Fsp3) is 0.333. The molecule has 0 saturated heterocycles. The Hall–Kier alpha value is -1.62. The normalized spacial score (nSPS) is 12.9. The summed E-state index contributed by atoms with van der Waals surface area (Å²) in [4.78, 5) is 7.26. The van der Waals surface area contributed by atoms with E-state index in [1.165, 1.54) is 0 Å². The Morgan fingerprint density at radius 3 is 3.00 bits per heavy atom. The minimum Gasteiger partial charge on any atom is -0.349 e. The van der Waals surface area contributed by atoms with Gasteiger partial charge in [-0.2, -0.15) is 5.10 Å². The molecule has 0 fully saturated rings. The highest BCUT2D eigenvalue weighted by Gasteiger charge is 2.11. The molecule has 5 nitrogen and oxygen atoms in total. The quantitative estimate of drug-likeness (QED) is 0.664. The van der Waals surface area contributed by atoms with E-state index >= 15 is 0 Å². The molecular weight excluding hydrogens is 178 g/mol. The summed E-state index contributed by atoms with van der Waals surface area (Å²) in [6, 6.07) is 2.19. The van der Waals surface area contributed by atoms with Gasteiger partial charge in [-0.1, -0.05) is 0 Å². The van der Waals surface area contributed by atoms with Gasteiger partial charge in [0.15, 0.2) is 0 Å². The second kappa shape index (κ2) is 4.06. The highest BCUT2D eigenvalue weighted by molar-refractivity contribution is 5.07. The smallest absolute Gasteiger partial charge is 0.107 e. The molecule has 0 aliphatic rings. The first-order chi connectivity index (χ1) is 6.90. The Bertz CT molecular complexity index is 350. The molecule has 0 aromatic carbocycles. The van der Waals surface area contributed by atoms with E-state index in [-0.39, 0.29) is 6.04 Å². The van der Waals surface area contributed by atoms with Gasteiger partial charge >= 0.3 is 0 Å². The lowest BCUT2D eigenvalue weighted by atomic mass is 10.1. The number of likely N-dealkylation sites (N-methyl/N-ethyl adjacent to an activating group) is 1. The van der Waals surface area contributed by atoms with Crippen molar-refractivity contribution < 1.29 is 0 Å². The lowest BCUT2D eigenvalue weighted by Crippen LogP contribution is -2.19. The lowest BCUT2D eigenvalue weighted by Gasteiger charge is -2.12. The molecule has 2 aromatic heterocycles. The maximum Gasteiger partial charge on any atom is 0.107 e. The van der Waals surface area contributed by atoms with E-state index in [4.69, 9.17) is 0 Å². The van der Waals surface area contributed by atoms with E-state index < -0.39 is 0 Å². The van der Waals surface area contributed by atoms with Gasteiger partial charge in [-0.3, -0.25) is 5.10 Å². The zero-order valence-electron chi connectivity index (χ0n) is 7.99. The van der Waals surface area contributed by atoms with Crippen LogP contribution in [0.15, 0.2) is 24.7 Å². The van der Waals surface area contributed by atoms with E-state index in [1.54, 1.807) is 12.4 Å². The number of aromatic nitrogens is 4. The number of imidazole rings is 1. The molecular formula is C9H13N5. The summed E-state index contributed by atoms with van der Waals surface area (Å²) in [5.74, 6) is 0.971. The van der Waals surface area contributed by atoms with Crippen LogP contribution in [0.4, 0.5) is 0 Å². The van der Waals surface area contributed by atoms with Crippen LogP contribution in [0, 0.1) is 0 Å². The zero-order valence-corrected chi connectivity index (χ0v) is 7.99. The first-order valence-electron chi connectivity index (χ1n) is 4.55. The summed E-state index contributed by atoms with van der Waals surface area (Å²) in [6.07, 6.45) is 6.16. The summed E-state index contributed by atoms with van der Waals surface area (Å²) in [7, 11) is 1.93. The van der Waals surface area contributed by atoms with E-state index in [0.717, 1.165) is 17.9 Å². The number of nitrogens with one attached hydrogen (secondary N) is 3. The molecule has 2 heterocycles. The largest absolute Gasteiger partial charge is 0.349 e. The van der Waals surface area contributed by atoms with Gasteiger partial charge < -0.3 is 10.3 Å². The van der Waals surface area contributed by atoms with Gasteiger partial charge in [0.05, 0.1) is 11.7 Å². The molecule has 0 aliphatic carbocycles. The summed E-state index contributed by atoms with van der Waals surface area (Å²) in [6.45, 7) is 0. The van der Waals surface area contributed by atoms with Crippen molar-refractivity contribution in [1.82, 2.24) is 25.5 Å². The predicted octanol–water partition coefficient (Wildman–Crippen LogP) is 0.636. The van der Waals surface area contributed by atoms with Crippen molar-refractivity contribution in [3.8, 4) is 0 Å². The van der Waals surface area contributed by atoms with Crippen LogP contribution in [0.5, 0.6) is 0 Å². The second-order valence-corrected chi connectivity index (χ2v) is 3.09. The fourth-order valence-corrected chi connectivity index (χ4v) is 1.43.